The van der Waals surface area contributed by atoms with Crippen LogP contribution in [-0.2, 0) is 4.79 Å². The third-order valence-electron chi connectivity index (χ3n) is 5.30. The van der Waals surface area contributed by atoms with Crippen LogP contribution < -0.4 is 15.6 Å². The van der Waals surface area contributed by atoms with Crippen LogP contribution in [0.4, 0.5) is 4.79 Å². The molecule has 0 spiro atoms. The van der Waals surface area contributed by atoms with E-state index in [-0.39, 0.29) is 17.2 Å². The number of aromatic nitrogens is 2. The molecule has 0 atom stereocenters. The van der Waals surface area contributed by atoms with Crippen molar-refractivity contribution in [3.05, 3.63) is 89.2 Å². The van der Waals surface area contributed by atoms with E-state index in [1.54, 1.807) is 42.5 Å². The summed E-state index contributed by atoms with van der Waals surface area (Å²) >= 11 is 1.12. The predicted molar refractivity (Wildman–Crippen MR) is 130 cm³/mol. The number of benzene rings is 3. The van der Waals surface area contributed by atoms with Gasteiger partial charge in [-0.2, -0.15) is 0 Å². The van der Waals surface area contributed by atoms with Crippen molar-refractivity contribution in [2.75, 3.05) is 18.8 Å². The van der Waals surface area contributed by atoms with Crippen molar-refractivity contribution in [2.24, 2.45) is 0 Å². The van der Waals surface area contributed by atoms with Gasteiger partial charge in [-0.1, -0.05) is 42.1 Å². The second kappa shape index (κ2) is 9.40. The molecule has 0 saturated carbocycles. The lowest BCUT2D eigenvalue weighted by Gasteiger charge is -2.15. The van der Waals surface area contributed by atoms with Gasteiger partial charge in [0.2, 0.25) is 5.91 Å². The molecular formula is C25H20N4O4S. The zero-order valence-electron chi connectivity index (χ0n) is 18.0. The lowest BCUT2D eigenvalue weighted by atomic mass is 10.2. The molecule has 0 unspecified atom stereocenters. The number of thioether (sulfide) groups is 1. The Morgan fingerprint density at radius 3 is 2.38 bits per heavy atom. The average molecular weight is 473 g/mol. The summed E-state index contributed by atoms with van der Waals surface area (Å²) < 4.78 is 7.33. The number of nitrogens with zero attached hydrogens (tertiary/aromatic N) is 3. The van der Waals surface area contributed by atoms with Crippen LogP contribution >= 0.6 is 11.8 Å². The van der Waals surface area contributed by atoms with Crippen LogP contribution in [0.25, 0.3) is 16.6 Å². The quantitative estimate of drug-likeness (QED) is 0.339. The summed E-state index contributed by atoms with van der Waals surface area (Å²) in [4.78, 5) is 43.6. The van der Waals surface area contributed by atoms with E-state index in [1.165, 1.54) is 9.47 Å². The summed E-state index contributed by atoms with van der Waals surface area (Å²) in [5, 5.41) is 3.46. The van der Waals surface area contributed by atoms with E-state index >= 15 is 0 Å². The average Bonchev–Trinajstić information content (AvgIpc) is 3.30. The van der Waals surface area contributed by atoms with Gasteiger partial charge >= 0.3 is 6.03 Å². The van der Waals surface area contributed by atoms with Gasteiger partial charge in [0.25, 0.3) is 5.56 Å². The molecule has 1 aliphatic rings. The Balaban J connectivity index is 1.47. The van der Waals surface area contributed by atoms with Crippen LogP contribution in [0.2, 0.25) is 0 Å². The van der Waals surface area contributed by atoms with E-state index in [2.05, 4.69) is 10.3 Å². The molecule has 170 valence electrons. The van der Waals surface area contributed by atoms with Gasteiger partial charge in [0.15, 0.2) is 5.16 Å². The number of ether oxygens (including phenoxy) is 1. The second-order valence-electron chi connectivity index (χ2n) is 7.53. The predicted octanol–water partition coefficient (Wildman–Crippen LogP) is 3.82. The standard InChI is InChI=1S/C25H20N4O4S/c30-22(28-15-14-26-24(28)32)16-34-25-27-21-9-5-4-8-20(21)23(31)29(25)17-10-12-19(13-11-17)33-18-6-2-1-3-7-18/h1-13H,14-16H2,(H,26,32). The van der Waals surface area contributed by atoms with E-state index in [1.807, 2.05) is 36.4 Å². The van der Waals surface area contributed by atoms with E-state index in [4.69, 9.17) is 4.74 Å². The zero-order chi connectivity index (χ0) is 23.5. The minimum atomic E-state index is -0.400. The van der Waals surface area contributed by atoms with Gasteiger partial charge in [0.05, 0.1) is 22.3 Å². The Morgan fingerprint density at radius 1 is 0.941 bits per heavy atom. The molecule has 1 aliphatic heterocycles. The topological polar surface area (TPSA) is 93.5 Å². The molecule has 1 fully saturated rings. The normalized spacial score (nSPS) is 13.2. The molecule has 8 nitrogen and oxygen atoms in total. The fourth-order valence-corrected chi connectivity index (χ4v) is 4.53. The monoisotopic (exact) mass is 472 g/mol. The minimum Gasteiger partial charge on any atom is -0.457 e. The Hall–Kier alpha value is -4.11. The molecule has 1 N–H and O–H groups in total. The fraction of sp³-hybridized carbons (Fsp3) is 0.120. The second-order valence-corrected chi connectivity index (χ2v) is 8.47. The molecule has 9 heteroatoms. The molecular weight excluding hydrogens is 452 g/mol. The molecule has 3 amide bonds. The highest BCUT2D eigenvalue weighted by Gasteiger charge is 2.26. The van der Waals surface area contributed by atoms with Crippen LogP contribution in [0.5, 0.6) is 11.5 Å². The molecule has 0 radical (unpaired) electrons. The number of para-hydroxylation sites is 2. The molecule has 4 aromatic rings. The van der Waals surface area contributed by atoms with Crippen molar-refractivity contribution >= 4 is 34.6 Å². The summed E-state index contributed by atoms with van der Waals surface area (Å²) in [7, 11) is 0. The number of rotatable bonds is 6. The highest BCUT2D eigenvalue weighted by molar-refractivity contribution is 7.99. The Morgan fingerprint density at radius 2 is 1.65 bits per heavy atom. The van der Waals surface area contributed by atoms with E-state index in [0.717, 1.165) is 11.8 Å². The van der Waals surface area contributed by atoms with Gasteiger partial charge in [-0.3, -0.25) is 19.1 Å². The number of fused-ring (bicyclic) bond motifs is 1. The van der Waals surface area contributed by atoms with Crippen LogP contribution in [0.1, 0.15) is 0 Å². The van der Waals surface area contributed by atoms with Crippen LogP contribution in [-0.4, -0.2) is 45.2 Å². The number of hydrogen-bond acceptors (Lipinski definition) is 6. The number of carbonyl (C=O) groups is 2. The van der Waals surface area contributed by atoms with Crippen LogP contribution in [0.15, 0.2) is 88.8 Å². The Labute approximate surface area is 199 Å². The molecule has 1 aromatic heterocycles. The molecule has 34 heavy (non-hydrogen) atoms. The Kier molecular flexibility index (Phi) is 6.01. The first kappa shape index (κ1) is 21.7. The largest absolute Gasteiger partial charge is 0.457 e. The lowest BCUT2D eigenvalue weighted by Crippen LogP contribution is -2.35. The molecule has 0 bridgehead atoms. The van der Waals surface area contributed by atoms with Crippen LogP contribution in [0.3, 0.4) is 0 Å². The summed E-state index contributed by atoms with van der Waals surface area (Å²) in [5.74, 6) is 0.982. The van der Waals surface area contributed by atoms with E-state index < -0.39 is 6.03 Å². The third-order valence-corrected chi connectivity index (χ3v) is 6.22. The maximum Gasteiger partial charge on any atom is 0.324 e. The highest BCUT2D eigenvalue weighted by atomic mass is 32.2. The first-order chi connectivity index (χ1) is 16.6. The summed E-state index contributed by atoms with van der Waals surface area (Å²) in [6.45, 7) is 0.768. The van der Waals surface area contributed by atoms with Gasteiger partial charge in [-0.05, 0) is 48.5 Å². The first-order valence-electron chi connectivity index (χ1n) is 10.7. The number of amides is 3. The fourth-order valence-electron chi connectivity index (χ4n) is 3.64. The molecule has 2 heterocycles. The maximum absolute atomic E-state index is 13.4. The smallest absolute Gasteiger partial charge is 0.324 e. The Bertz CT molecular complexity index is 1420. The molecule has 3 aromatic carbocycles. The third kappa shape index (κ3) is 4.38. The van der Waals surface area contributed by atoms with Crippen molar-refractivity contribution in [1.82, 2.24) is 19.8 Å². The molecule has 1 saturated heterocycles. The first-order valence-corrected chi connectivity index (χ1v) is 11.6. The highest BCUT2D eigenvalue weighted by Crippen LogP contribution is 2.25. The van der Waals surface area contributed by atoms with Crippen molar-refractivity contribution in [2.45, 2.75) is 5.16 Å². The lowest BCUT2D eigenvalue weighted by molar-refractivity contribution is -0.124. The van der Waals surface area contributed by atoms with Gasteiger partial charge in [0, 0.05) is 13.1 Å². The van der Waals surface area contributed by atoms with Crippen molar-refractivity contribution in [3.63, 3.8) is 0 Å². The number of carbonyl (C=O) groups excluding carboxylic acids is 2. The number of urea groups is 1. The zero-order valence-corrected chi connectivity index (χ0v) is 18.8. The van der Waals surface area contributed by atoms with E-state index in [0.29, 0.717) is 46.3 Å². The summed E-state index contributed by atoms with van der Waals surface area (Å²) in [6.07, 6.45) is 0. The van der Waals surface area contributed by atoms with Gasteiger partial charge in [-0.25, -0.2) is 9.78 Å². The van der Waals surface area contributed by atoms with Crippen molar-refractivity contribution in [1.29, 1.82) is 0 Å². The van der Waals surface area contributed by atoms with Gasteiger partial charge in [-0.15, -0.1) is 0 Å². The number of imide groups is 1. The summed E-state index contributed by atoms with van der Waals surface area (Å²) in [6, 6.07) is 23.2. The van der Waals surface area contributed by atoms with Crippen molar-refractivity contribution < 1.29 is 14.3 Å². The van der Waals surface area contributed by atoms with Gasteiger partial charge < -0.3 is 10.1 Å². The van der Waals surface area contributed by atoms with Crippen molar-refractivity contribution in [3.8, 4) is 17.2 Å². The van der Waals surface area contributed by atoms with Gasteiger partial charge in [0.1, 0.15) is 11.5 Å². The van der Waals surface area contributed by atoms with Crippen LogP contribution in [0, 0.1) is 0 Å². The summed E-state index contributed by atoms with van der Waals surface area (Å²) in [5.41, 5.74) is 0.898. The maximum atomic E-state index is 13.4. The minimum absolute atomic E-state index is 0.0204. The number of nitrogens with one attached hydrogen (secondary N) is 1. The molecule has 0 aliphatic carbocycles. The number of hydrogen-bond donors (Lipinski definition) is 1. The molecule has 5 rings (SSSR count). The SMILES string of the molecule is O=C(CSc1nc2ccccc2c(=O)n1-c1ccc(Oc2ccccc2)cc1)N1CCNC1=O. The van der Waals surface area contributed by atoms with E-state index in [9.17, 15) is 14.4 Å².